The van der Waals surface area contributed by atoms with E-state index < -0.39 is 6.10 Å². The number of hydrogen-bond donors (Lipinski definition) is 1. The van der Waals surface area contributed by atoms with Gasteiger partial charge in [-0.3, -0.25) is 0 Å². The molecule has 1 aromatic carbocycles. The summed E-state index contributed by atoms with van der Waals surface area (Å²) < 4.78 is 14.9. The predicted octanol–water partition coefficient (Wildman–Crippen LogP) is 2.25. The number of benzene rings is 1. The molecule has 0 aliphatic rings. The van der Waals surface area contributed by atoms with Gasteiger partial charge in [0.15, 0.2) is 0 Å². The molecule has 1 aromatic heterocycles. The lowest BCUT2D eigenvalue weighted by Crippen LogP contribution is -2.04. The Hall–Kier alpha value is -1.42. The fourth-order valence-electron chi connectivity index (χ4n) is 1.77. The van der Waals surface area contributed by atoms with Crippen LogP contribution in [0.3, 0.4) is 0 Å². The zero-order valence-electron chi connectivity index (χ0n) is 8.74. The van der Waals surface area contributed by atoms with Crippen LogP contribution in [0.5, 0.6) is 0 Å². The SMILES string of the molecule is CCn1c([C@H](C)O)nc2cc(F)ccc21. The van der Waals surface area contributed by atoms with Gasteiger partial charge in [0.25, 0.3) is 0 Å². The molecule has 1 heterocycles. The second kappa shape index (κ2) is 3.62. The van der Waals surface area contributed by atoms with Crippen LogP contribution in [0.1, 0.15) is 25.8 Å². The lowest BCUT2D eigenvalue weighted by Gasteiger charge is -2.07. The van der Waals surface area contributed by atoms with E-state index in [1.807, 2.05) is 11.5 Å². The van der Waals surface area contributed by atoms with Crippen molar-refractivity contribution in [1.29, 1.82) is 0 Å². The van der Waals surface area contributed by atoms with Gasteiger partial charge in [-0.2, -0.15) is 0 Å². The minimum atomic E-state index is -0.639. The third-order valence-electron chi connectivity index (χ3n) is 2.43. The van der Waals surface area contributed by atoms with Crippen molar-refractivity contribution in [2.45, 2.75) is 26.5 Å². The molecular weight excluding hydrogens is 195 g/mol. The first-order valence-electron chi connectivity index (χ1n) is 4.97. The molecule has 80 valence electrons. The summed E-state index contributed by atoms with van der Waals surface area (Å²) in [5.74, 6) is 0.276. The van der Waals surface area contributed by atoms with Gasteiger partial charge >= 0.3 is 0 Å². The molecule has 0 fully saturated rings. The van der Waals surface area contributed by atoms with Crippen molar-refractivity contribution >= 4 is 11.0 Å². The highest BCUT2D eigenvalue weighted by atomic mass is 19.1. The summed E-state index contributed by atoms with van der Waals surface area (Å²) in [6.45, 7) is 4.34. The van der Waals surface area contributed by atoms with E-state index in [0.29, 0.717) is 17.9 Å². The minimum absolute atomic E-state index is 0.305. The van der Waals surface area contributed by atoms with Crippen LogP contribution in [0.2, 0.25) is 0 Å². The molecule has 0 radical (unpaired) electrons. The van der Waals surface area contributed by atoms with Gasteiger partial charge in [-0.25, -0.2) is 9.37 Å². The molecule has 0 spiro atoms. The Morgan fingerprint density at radius 2 is 2.27 bits per heavy atom. The van der Waals surface area contributed by atoms with Gasteiger partial charge in [0.05, 0.1) is 11.0 Å². The van der Waals surface area contributed by atoms with E-state index in [1.54, 1.807) is 13.0 Å². The standard InChI is InChI=1S/C11H13FN2O/c1-3-14-10-5-4-8(12)6-9(10)13-11(14)7(2)15/h4-7,15H,3H2,1-2H3/t7-/m0/s1. The second-order valence-electron chi connectivity index (χ2n) is 3.52. The maximum absolute atomic E-state index is 13.0. The summed E-state index contributed by atoms with van der Waals surface area (Å²) >= 11 is 0. The van der Waals surface area contributed by atoms with Crippen LogP contribution in [-0.4, -0.2) is 14.7 Å². The fraction of sp³-hybridized carbons (Fsp3) is 0.364. The average Bonchev–Trinajstić information content (AvgIpc) is 2.55. The van der Waals surface area contributed by atoms with Gasteiger partial charge in [0.2, 0.25) is 0 Å². The number of imidazole rings is 1. The van der Waals surface area contributed by atoms with Crippen LogP contribution >= 0.6 is 0 Å². The van der Waals surface area contributed by atoms with Gasteiger partial charge in [-0.1, -0.05) is 0 Å². The van der Waals surface area contributed by atoms with Crippen molar-refractivity contribution in [3.8, 4) is 0 Å². The summed E-state index contributed by atoms with van der Waals surface area (Å²) in [6.07, 6.45) is -0.639. The summed E-state index contributed by atoms with van der Waals surface area (Å²) in [5.41, 5.74) is 1.45. The van der Waals surface area contributed by atoms with Crippen LogP contribution in [0, 0.1) is 5.82 Å². The van der Waals surface area contributed by atoms with Gasteiger partial charge in [0, 0.05) is 12.6 Å². The number of aryl methyl sites for hydroxylation is 1. The zero-order valence-corrected chi connectivity index (χ0v) is 8.74. The van der Waals surface area contributed by atoms with Crippen LogP contribution in [-0.2, 0) is 6.54 Å². The monoisotopic (exact) mass is 208 g/mol. The van der Waals surface area contributed by atoms with Crippen molar-refractivity contribution < 1.29 is 9.50 Å². The molecule has 0 amide bonds. The van der Waals surface area contributed by atoms with Crippen LogP contribution in [0.25, 0.3) is 11.0 Å². The molecule has 1 atom stereocenters. The Morgan fingerprint density at radius 3 is 2.87 bits per heavy atom. The van der Waals surface area contributed by atoms with Gasteiger partial charge < -0.3 is 9.67 Å². The van der Waals surface area contributed by atoms with Gasteiger partial charge in [0.1, 0.15) is 17.7 Å². The quantitative estimate of drug-likeness (QED) is 0.822. The van der Waals surface area contributed by atoms with E-state index in [1.165, 1.54) is 12.1 Å². The third-order valence-corrected chi connectivity index (χ3v) is 2.43. The highest BCUT2D eigenvalue weighted by molar-refractivity contribution is 5.76. The average molecular weight is 208 g/mol. The fourth-order valence-corrected chi connectivity index (χ4v) is 1.77. The highest BCUT2D eigenvalue weighted by Crippen LogP contribution is 2.21. The van der Waals surface area contributed by atoms with Crippen molar-refractivity contribution in [3.05, 3.63) is 29.8 Å². The molecule has 0 bridgehead atoms. The summed E-state index contributed by atoms with van der Waals surface area (Å²) in [6, 6.07) is 4.47. The van der Waals surface area contributed by atoms with E-state index in [9.17, 15) is 9.50 Å². The maximum atomic E-state index is 13.0. The molecule has 3 nitrogen and oxygen atoms in total. The summed E-state index contributed by atoms with van der Waals surface area (Å²) in [5, 5.41) is 9.53. The van der Waals surface area contributed by atoms with E-state index in [-0.39, 0.29) is 5.82 Å². The molecule has 0 aliphatic heterocycles. The number of aromatic nitrogens is 2. The smallest absolute Gasteiger partial charge is 0.138 e. The molecule has 1 N–H and O–H groups in total. The number of rotatable bonds is 2. The van der Waals surface area contributed by atoms with Crippen molar-refractivity contribution in [1.82, 2.24) is 9.55 Å². The van der Waals surface area contributed by atoms with Crippen molar-refractivity contribution in [2.75, 3.05) is 0 Å². The largest absolute Gasteiger partial charge is 0.385 e. The first kappa shape index (κ1) is 10.1. The molecule has 15 heavy (non-hydrogen) atoms. The number of nitrogens with zero attached hydrogens (tertiary/aromatic N) is 2. The summed E-state index contributed by atoms with van der Waals surface area (Å²) in [4.78, 5) is 4.22. The topological polar surface area (TPSA) is 38.0 Å². The number of aliphatic hydroxyl groups is 1. The first-order chi connectivity index (χ1) is 7.13. The highest BCUT2D eigenvalue weighted by Gasteiger charge is 2.13. The summed E-state index contributed by atoms with van der Waals surface area (Å²) in [7, 11) is 0. The molecule has 4 heteroatoms. The molecule has 0 saturated heterocycles. The molecule has 0 aliphatic carbocycles. The lowest BCUT2D eigenvalue weighted by molar-refractivity contribution is 0.184. The second-order valence-corrected chi connectivity index (χ2v) is 3.52. The van der Waals surface area contributed by atoms with Crippen LogP contribution < -0.4 is 0 Å². The number of fused-ring (bicyclic) bond motifs is 1. The molecule has 0 unspecified atom stereocenters. The number of aliphatic hydroxyl groups excluding tert-OH is 1. The van der Waals surface area contributed by atoms with Crippen LogP contribution in [0.15, 0.2) is 18.2 Å². The predicted molar refractivity (Wildman–Crippen MR) is 56.0 cm³/mol. The Morgan fingerprint density at radius 1 is 1.53 bits per heavy atom. The van der Waals surface area contributed by atoms with Gasteiger partial charge in [-0.05, 0) is 26.0 Å². The van der Waals surface area contributed by atoms with Crippen molar-refractivity contribution in [2.24, 2.45) is 0 Å². The van der Waals surface area contributed by atoms with E-state index in [4.69, 9.17) is 0 Å². The number of hydrogen-bond acceptors (Lipinski definition) is 2. The minimum Gasteiger partial charge on any atom is -0.385 e. The van der Waals surface area contributed by atoms with Crippen molar-refractivity contribution in [3.63, 3.8) is 0 Å². The third kappa shape index (κ3) is 1.61. The normalized spacial score (nSPS) is 13.3. The molecular formula is C11H13FN2O. The van der Waals surface area contributed by atoms with E-state index >= 15 is 0 Å². The Bertz CT molecular complexity index is 491. The van der Waals surface area contributed by atoms with Crippen LogP contribution in [0.4, 0.5) is 4.39 Å². The van der Waals surface area contributed by atoms with E-state index in [2.05, 4.69) is 4.98 Å². The zero-order chi connectivity index (χ0) is 11.0. The molecule has 2 aromatic rings. The first-order valence-corrected chi connectivity index (χ1v) is 4.97. The van der Waals surface area contributed by atoms with E-state index in [0.717, 1.165) is 5.52 Å². The molecule has 2 rings (SSSR count). The maximum Gasteiger partial charge on any atom is 0.138 e. The Labute approximate surface area is 87.2 Å². The van der Waals surface area contributed by atoms with Gasteiger partial charge in [-0.15, -0.1) is 0 Å². The number of halogens is 1. The Balaban J connectivity index is 2.73. The molecule has 0 saturated carbocycles. The Kier molecular flexibility index (Phi) is 2.44. The lowest BCUT2D eigenvalue weighted by atomic mass is 10.3.